The van der Waals surface area contributed by atoms with Gasteiger partial charge in [0.25, 0.3) is 5.91 Å². The van der Waals surface area contributed by atoms with Crippen molar-refractivity contribution < 1.29 is 9.59 Å². The van der Waals surface area contributed by atoms with Gasteiger partial charge in [-0.05, 0) is 13.3 Å². The Morgan fingerprint density at radius 1 is 1.58 bits per heavy atom. The van der Waals surface area contributed by atoms with Gasteiger partial charge in [-0.2, -0.15) is 0 Å². The molecular weight excluding hydrogens is 246 g/mol. The molecule has 1 aromatic rings. The largest absolute Gasteiger partial charge is 0.358 e. The number of carbonyl (C=O) groups excluding carboxylic acids is 2. The highest BCUT2D eigenvalue weighted by Crippen LogP contribution is 2.15. The van der Waals surface area contributed by atoms with Crippen LogP contribution in [0.15, 0.2) is 6.20 Å². The molecule has 0 spiro atoms. The maximum absolute atomic E-state index is 12.3. The summed E-state index contributed by atoms with van der Waals surface area (Å²) < 4.78 is 1.93. The van der Waals surface area contributed by atoms with Crippen LogP contribution in [0.2, 0.25) is 0 Å². The Morgan fingerprint density at radius 3 is 3.00 bits per heavy atom. The average Bonchev–Trinajstić information content (AvgIpc) is 2.87. The molecule has 2 amide bonds. The molecule has 7 nitrogen and oxygen atoms in total. The third-order valence-corrected chi connectivity index (χ3v) is 3.14. The minimum atomic E-state index is -0.213. The summed E-state index contributed by atoms with van der Waals surface area (Å²) in [6.45, 7) is 4.11. The summed E-state index contributed by atoms with van der Waals surface area (Å²) >= 11 is 0. The van der Waals surface area contributed by atoms with Gasteiger partial charge in [-0.15, -0.1) is 0 Å². The van der Waals surface area contributed by atoms with Gasteiger partial charge in [0, 0.05) is 32.9 Å². The Kier molecular flexibility index (Phi) is 4.03. The van der Waals surface area contributed by atoms with Gasteiger partial charge in [-0.1, -0.05) is 0 Å². The molecule has 0 fully saturated rings. The maximum Gasteiger partial charge on any atom is 0.274 e. The van der Waals surface area contributed by atoms with Crippen LogP contribution in [0, 0.1) is 0 Å². The fraction of sp³-hybridized carbons (Fsp3) is 0.583. The lowest BCUT2D eigenvalue weighted by atomic mass is 10.3. The van der Waals surface area contributed by atoms with Gasteiger partial charge in [0.1, 0.15) is 5.69 Å². The second kappa shape index (κ2) is 5.73. The number of carbonyl (C=O) groups is 2. The zero-order chi connectivity index (χ0) is 13.8. The van der Waals surface area contributed by atoms with Crippen LogP contribution in [0.3, 0.4) is 0 Å². The van der Waals surface area contributed by atoms with Crippen molar-refractivity contribution in [3.05, 3.63) is 11.9 Å². The molecule has 0 aromatic carbocycles. The molecule has 0 unspecified atom stereocenters. The highest BCUT2D eigenvalue weighted by molar-refractivity contribution is 5.95. The predicted molar refractivity (Wildman–Crippen MR) is 71.0 cm³/mol. The molecule has 7 heteroatoms. The normalized spacial score (nSPS) is 13.4. The maximum atomic E-state index is 12.3. The van der Waals surface area contributed by atoms with E-state index in [1.807, 2.05) is 11.5 Å². The van der Waals surface area contributed by atoms with Crippen molar-refractivity contribution in [2.45, 2.75) is 19.9 Å². The monoisotopic (exact) mass is 265 g/mol. The van der Waals surface area contributed by atoms with E-state index in [0.29, 0.717) is 12.2 Å². The lowest BCUT2D eigenvalue weighted by Gasteiger charge is -2.18. The zero-order valence-corrected chi connectivity index (χ0v) is 11.3. The minimum Gasteiger partial charge on any atom is -0.358 e. The summed E-state index contributed by atoms with van der Waals surface area (Å²) in [4.78, 5) is 29.4. The van der Waals surface area contributed by atoms with E-state index in [1.54, 1.807) is 13.2 Å². The van der Waals surface area contributed by atoms with E-state index in [0.717, 1.165) is 25.5 Å². The summed E-state index contributed by atoms with van der Waals surface area (Å²) in [6, 6.07) is 0. The Labute approximate surface area is 112 Å². The molecule has 2 heterocycles. The van der Waals surface area contributed by atoms with Gasteiger partial charge < -0.3 is 20.1 Å². The van der Waals surface area contributed by atoms with E-state index in [1.165, 1.54) is 4.90 Å². The van der Waals surface area contributed by atoms with E-state index >= 15 is 0 Å². The molecule has 19 heavy (non-hydrogen) atoms. The fourth-order valence-electron chi connectivity index (χ4n) is 2.02. The fourth-order valence-corrected chi connectivity index (χ4v) is 2.02. The van der Waals surface area contributed by atoms with Crippen LogP contribution < -0.4 is 10.6 Å². The standard InChI is InChI=1S/C12H19N5O2/c1-3-16(8-10(18)13-2)11(19)9-7-17-6-4-5-14-12(17)15-9/h7H,3-6,8H2,1-2H3,(H,13,18)(H,14,15). The van der Waals surface area contributed by atoms with E-state index in [2.05, 4.69) is 15.6 Å². The van der Waals surface area contributed by atoms with Crippen LogP contribution in [0.5, 0.6) is 0 Å². The summed E-state index contributed by atoms with van der Waals surface area (Å²) in [7, 11) is 1.56. The van der Waals surface area contributed by atoms with Crippen LogP contribution >= 0.6 is 0 Å². The number of rotatable bonds is 4. The Balaban J connectivity index is 2.13. The highest BCUT2D eigenvalue weighted by Gasteiger charge is 2.21. The van der Waals surface area contributed by atoms with Gasteiger partial charge in [0.05, 0.1) is 6.54 Å². The van der Waals surface area contributed by atoms with Crippen molar-refractivity contribution >= 4 is 17.8 Å². The molecule has 0 bridgehead atoms. The number of fused-ring (bicyclic) bond motifs is 1. The lowest BCUT2D eigenvalue weighted by molar-refractivity contribution is -0.121. The van der Waals surface area contributed by atoms with Crippen molar-refractivity contribution in [2.75, 3.05) is 32.0 Å². The third-order valence-electron chi connectivity index (χ3n) is 3.14. The van der Waals surface area contributed by atoms with Gasteiger partial charge >= 0.3 is 0 Å². The number of aromatic nitrogens is 2. The van der Waals surface area contributed by atoms with E-state index in [4.69, 9.17) is 0 Å². The number of amides is 2. The first kappa shape index (κ1) is 13.4. The number of nitrogens with zero attached hydrogens (tertiary/aromatic N) is 3. The van der Waals surface area contributed by atoms with Crippen LogP contribution in [0.25, 0.3) is 0 Å². The van der Waals surface area contributed by atoms with Crippen LogP contribution in [-0.4, -0.2) is 52.9 Å². The molecule has 2 rings (SSSR count). The number of hydrogen-bond acceptors (Lipinski definition) is 4. The van der Waals surface area contributed by atoms with Crippen LogP contribution in [-0.2, 0) is 11.3 Å². The van der Waals surface area contributed by atoms with Gasteiger partial charge in [-0.3, -0.25) is 9.59 Å². The van der Waals surface area contributed by atoms with Crippen molar-refractivity contribution in [1.82, 2.24) is 19.8 Å². The molecule has 1 aliphatic heterocycles. The summed E-state index contributed by atoms with van der Waals surface area (Å²) in [5.74, 6) is 0.331. The van der Waals surface area contributed by atoms with E-state index in [9.17, 15) is 9.59 Å². The average molecular weight is 265 g/mol. The molecule has 0 atom stereocenters. The molecule has 0 radical (unpaired) electrons. The van der Waals surface area contributed by atoms with Gasteiger partial charge in [0.15, 0.2) is 0 Å². The van der Waals surface area contributed by atoms with Crippen molar-refractivity contribution in [1.29, 1.82) is 0 Å². The van der Waals surface area contributed by atoms with Crippen molar-refractivity contribution in [2.24, 2.45) is 0 Å². The number of hydrogen-bond donors (Lipinski definition) is 2. The predicted octanol–water partition coefficient (Wildman–Crippen LogP) is -0.0932. The Morgan fingerprint density at radius 2 is 2.37 bits per heavy atom. The van der Waals surface area contributed by atoms with Crippen LogP contribution in [0.4, 0.5) is 5.95 Å². The second-order valence-electron chi connectivity index (χ2n) is 4.42. The third kappa shape index (κ3) is 2.86. The quantitative estimate of drug-likeness (QED) is 0.797. The smallest absolute Gasteiger partial charge is 0.274 e. The summed E-state index contributed by atoms with van der Waals surface area (Å²) in [5, 5.41) is 5.66. The molecular formula is C12H19N5O2. The first-order valence-corrected chi connectivity index (χ1v) is 6.46. The minimum absolute atomic E-state index is 0.0570. The molecule has 2 N–H and O–H groups in total. The molecule has 0 aliphatic carbocycles. The highest BCUT2D eigenvalue weighted by atomic mass is 16.2. The molecule has 1 aliphatic rings. The molecule has 0 saturated heterocycles. The molecule has 104 valence electrons. The molecule has 1 aromatic heterocycles. The molecule has 0 saturated carbocycles. The van der Waals surface area contributed by atoms with Gasteiger partial charge in [0.2, 0.25) is 11.9 Å². The summed E-state index contributed by atoms with van der Waals surface area (Å²) in [5.41, 5.74) is 0.384. The number of nitrogens with one attached hydrogen (secondary N) is 2. The van der Waals surface area contributed by atoms with Crippen molar-refractivity contribution in [3.8, 4) is 0 Å². The lowest BCUT2D eigenvalue weighted by Crippen LogP contribution is -2.39. The van der Waals surface area contributed by atoms with Crippen LogP contribution in [0.1, 0.15) is 23.8 Å². The number of likely N-dealkylation sites (N-methyl/N-ethyl adjacent to an activating group) is 2. The number of imidazole rings is 1. The van der Waals surface area contributed by atoms with Crippen molar-refractivity contribution in [3.63, 3.8) is 0 Å². The van der Waals surface area contributed by atoms with E-state index in [-0.39, 0.29) is 18.4 Å². The van der Waals surface area contributed by atoms with Gasteiger partial charge in [-0.25, -0.2) is 4.98 Å². The second-order valence-corrected chi connectivity index (χ2v) is 4.42. The summed E-state index contributed by atoms with van der Waals surface area (Å²) in [6.07, 6.45) is 2.77. The first-order valence-electron chi connectivity index (χ1n) is 6.46. The zero-order valence-electron chi connectivity index (χ0n) is 11.3. The van der Waals surface area contributed by atoms with E-state index < -0.39 is 0 Å². The number of aryl methyl sites for hydroxylation is 1. The first-order chi connectivity index (χ1) is 9.15. The SMILES string of the molecule is CCN(CC(=O)NC)C(=O)c1cn2c(n1)NCCC2. The number of anilines is 1. The Bertz CT molecular complexity index is 459. The Hall–Kier alpha value is -2.05. The topological polar surface area (TPSA) is 79.3 Å².